The van der Waals surface area contributed by atoms with Crippen molar-refractivity contribution >= 4 is 27.8 Å². The van der Waals surface area contributed by atoms with Gasteiger partial charge in [-0.25, -0.2) is 4.98 Å². The third-order valence-corrected chi connectivity index (χ3v) is 7.23. The van der Waals surface area contributed by atoms with Gasteiger partial charge >= 0.3 is 0 Å². The van der Waals surface area contributed by atoms with Gasteiger partial charge < -0.3 is 9.88 Å². The maximum Gasteiger partial charge on any atom is 0.227 e. The summed E-state index contributed by atoms with van der Waals surface area (Å²) in [6.45, 7) is 3.53. The van der Waals surface area contributed by atoms with Crippen molar-refractivity contribution in [2.45, 2.75) is 32.1 Å². The van der Waals surface area contributed by atoms with Gasteiger partial charge in [0.1, 0.15) is 5.82 Å². The molecule has 0 aliphatic carbocycles. The third-order valence-electron chi connectivity index (χ3n) is 7.23. The number of aromatic amines is 1. The van der Waals surface area contributed by atoms with Gasteiger partial charge in [0.15, 0.2) is 0 Å². The summed E-state index contributed by atoms with van der Waals surface area (Å²) in [4.78, 5) is 28.6. The number of likely N-dealkylation sites (tertiary alicyclic amines) is 1. The maximum atomic E-state index is 13.5. The Morgan fingerprint density at radius 3 is 2.34 bits per heavy atom. The lowest BCUT2D eigenvalue weighted by Gasteiger charge is -2.31. The Bertz CT molecular complexity index is 1480. The number of carbonyl (C=O) groups excluding carboxylic acids is 1. The highest BCUT2D eigenvalue weighted by atomic mass is 16.2. The fourth-order valence-electron chi connectivity index (χ4n) is 5.36. The van der Waals surface area contributed by atoms with Crippen LogP contribution in [0.1, 0.15) is 35.8 Å². The van der Waals surface area contributed by atoms with Gasteiger partial charge in [0.25, 0.3) is 0 Å². The Morgan fingerprint density at radius 2 is 1.57 bits per heavy atom. The quantitative estimate of drug-likeness (QED) is 0.356. The summed E-state index contributed by atoms with van der Waals surface area (Å²) in [5, 5.41) is 1.09. The topological polar surface area (TPSA) is 61.9 Å². The summed E-state index contributed by atoms with van der Waals surface area (Å²) >= 11 is 0. The number of benzene rings is 3. The molecule has 2 aromatic heterocycles. The lowest BCUT2D eigenvalue weighted by Crippen LogP contribution is -2.39. The van der Waals surface area contributed by atoms with E-state index in [-0.39, 0.29) is 5.91 Å². The minimum atomic E-state index is 0.172. The largest absolute Gasteiger partial charge is 0.342 e. The molecule has 5 nitrogen and oxygen atoms in total. The van der Waals surface area contributed by atoms with E-state index >= 15 is 0 Å². The maximum absolute atomic E-state index is 13.5. The Balaban J connectivity index is 1.24. The number of pyridine rings is 1. The number of fused-ring (bicyclic) bond motifs is 2. The molecule has 5 heteroatoms. The van der Waals surface area contributed by atoms with Crippen LogP contribution in [0.3, 0.4) is 0 Å². The Morgan fingerprint density at radius 1 is 0.886 bits per heavy atom. The van der Waals surface area contributed by atoms with Crippen molar-refractivity contribution in [3.05, 3.63) is 95.9 Å². The number of hydrogen-bond acceptors (Lipinski definition) is 3. The Hall–Kier alpha value is -3.99. The standard InChI is InChI=1S/C30H28N4O/c1-20-24(29(21-9-3-2-4-10-21)23-11-5-6-12-25(23)31-20)19-28(35)34-17-15-22(16-18-34)30-32-26-13-7-8-14-27(26)33-30/h2-14,22H,15-19H2,1H3,(H,32,33). The number of nitrogens with one attached hydrogen (secondary N) is 1. The predicted octanol–water partition coefficient (Wildman–Crippen LogP) is 6.04. The molecular weight excluding hydrogens is 432 g/mol. The summed E-state index contributed by atoms with van der Waals surface area (Å²) < 4.78 is 0. The number of rotatable bonds is 4. The number of amides is 1. The van der Waals surface area contributed by atoms with Gasteiger partial charge in [-0.05, 0) is 54.7 Å². The summed E-state index contributed by atoms with van der Waals surface area (Å²) in [7, 11) is 0. The number of aryl methyl sites for hydroxylation is 1. The van der Waals surface area contributed by atoms with Crippen LogP contribution in [0.5, 0.6) is 0 Å². The number of H-pyrrole nitrogens is 1. The van der Waals surface area contributed by atoms with E-state index in [1.807, 2.05) is 66.4 Å². The molecule has 3 aromatic carbocycles. The zero-order chi connectivity index (χ0) is 23.8. The first-order valence-electron chi connectivity index (χ1n) is 12.3. The van der Waals surface area contributed by atoms with E-state index in [2.05, 4.69) is 29.2 Å². The van der Waals surface area contributed by atoms with Crippen molar-refractivity contribution in [3.63, 3.8) is 0 Å². The van der Waals surface area contributed by atoms with Gasteiger partial charge in [-0.2, -0.15) is 0 Å². The van der Waals surface area contributed by atoms with E-state index in [9.17, 15) is 4.79 Å². The number of nitrogens with zero attached hydrogens (tertiary/aromatic N) is 3. The highest BCUT2D eigenvalue weighted by Crippen LogP contribution is 2.34. The molecular formula is C30H28N4O. The Labute approximate surface area is 204 Å². The van der Waals surface area contributed by atoms with Gasteiger partial charge in [0.05, 0.1) is 23.0 Å². The number of para-hydroxylation sites is 3. The predicted molar refractivity (Wildman–Crippen MR) is 140 cm³/mol. The van der Waals surface area contributed by atoms with Crippen LogP contribution in [0.15, 0.2) is 78.9 Å². The molecule has 0 radical (unpaired) electrons. The zero-order valence-electron chi connectivity index (χ0n) is 19.9. The fourth-order valence-corrected chi connectivity index (χ4v) is 5.36. The van der Waals surface area contributed by atoms with Gasteiger partial charge in [0, 0.05) is 30.1 Å². The van der Waals surface area contributed by atoms with E-state index < -0.39 is 0 Å². The molecule has 1 amide bonds. The molecule has 1 fully saturated rings. The number of aromatic nitrogens is 3. The van der Waals surface area contributed by atoms with Crippen molar-refractivity contribution < 1.29 is 4.79 Å². The number of hydrogen-bond donors (Lipinski definition) is 1. The third kappa shape index (κ3) is 4.08. The molecule has 1 aliphatic rings. The molecule has 35 heavy (non-hydrogen) atoms. The van der Waals surface area contributed by atoms with E-state index in [0.29, 0.717) is 12.3 Å². The molecule has 0 unspecified atom stereocenters. The molecule has 0 spiro atoms. The van der Waals surface area contributed by atoms with Crippen LogP contribution in [0, 0.1) is 6.92 Å². The van der Waals surface area contributed by atoms with Crippen molar-refractivity contribution in [1.29, 1.82) is 0 Å². The number of imidazole rings is 1. The molecule has 0 atom stereocenters. The van der Waals surface area contributed by atoms with E-state index in [1.165, 1.54) is 0 Å². The fraction of sp³-hybridized carbons (Fsp3) is 0.233. The molecule has 1 saturated heterocycles. The minimum Gasteiger partial charge on any atom is -0.342 e. The molecule has 174 valence electrons. The van der Waals surface area contributed by atoms with Crippen molar-refractivity contribution in [2.75, 3.05) is 13.1 Å². The smallest absolute Gasteiger partial charge is 0.227 e. The van der Waals surface area contributed by atoms with Gasteiger partial charge in [-0.1, -0.05) is 60.7 Å². The lowest BCUT2D eigenvalue weighted by molar-refractivity contribution is -0.131. The highest BCUT2D eigenvalue weighted by Gasteiger charge is 2.27. The average Bonchev–Trinajstić information content (AvgIpc) is 3.34. The summed E-state index contributed by atoms with van der Waals surface area (Å²) in [5.74, 6) is 1.57. The second-order valence-corrected chi connectivity index (χ2v) is 9.40. The number of carbonyl (C=O) groups is 1. The first-order valence-corrected chi connectivity index (χ1v) is 12.3. The average molecular weight is 461 g/mol. The first-order chi connectivity index (χ1) is 17.2. The van der Waals surface area contributed by atoms with Crippen molar-refractivity contribution in [3.8, 4) is 11.1 Å². The molecule has 6 rings (SSSR count). The number of piperidine rings is 1. The molecule has 1 aliphatic heterocycles. The monoisotopic (exact) mass is 460 g/mol. The molecule has 0 bridgehead atoms. The van der Waals surface area contributed by atoms with Crippen molar-refractivity contribution in [2.24, 2.45) is 0 Å². The summed E-state index contributed by atoms with van der Waals surface area (Å²) in [6, 6.07) is 26.7. The van der Waals surface area contributed by atoms with Gasteiger partial charge in [-0.15, -0.1) is 0 Å². The normalized spacial score (nSPS) is 14.6. The second kappa shape index (κ2) is 8.99. The minimum absolute atomic E-state index is 0.172. The lowest BCUT2D eigenvalue weighted by atomic mass is 9.91. The van der Waals surface area contributed by atoms with E-state index in [4.69, 9.17) is 9.97 Å². The summed E-state index contributed by atoms with van der Waals surface area (Å²) in [6.07, 6.45) is 2.21. The first kappa shape index (κ1) is 21.5. The molecule has 5 aromatic rings. The molecule has 3 heterocycles. The van der Waals surface area contributed by atoms with E-state index in [0.717, 1.165) is 76.1 Å². The van der Waals surface area contributed by atoms with E-state index in [1.54, 1.807) is 0 Å². The van der Waals surface area contributed by atoms with Gasteiger partial charge in [-0.3, -0.25) is 9.78 Å². The van der Waals surface area contributed by atoms with Crippen LogP contribution in [-0.2, 0) is 11.2 Å². The summed E-state index contributed by atoms with van der Waals surface area (Å²) in [5.41, 5.74) is 7.25. The SMILES string of the molecule is Cc1nc2ccccc2c(-c2ccccc2)c1CC(=O)N1CCC(c2nc3ccccc3[nH]2)CC1. The second-order valence-electron chi connectivity index (χ2n) is 9.40. The van der Waals surface area contributed by atoms with Crippen LogP contribution < -0.4 is 0 Å². The Kier molecular flexibility index (Phi) is 5.53. The van der Waals surface area contributed by atoms with Crippen LogP contribution in [-0.4, -0.2) is 38.8 Å². The van der Waals surface area contributed by atoms with Crippen LogP contribution in [0.4, 0.5) is 0 Å². The highest BCUT2D eigenvalue weighted by molar-refractivity contribution is 5.98. The molecule has 0 saturated carbocycles. The van der Waals surface area contributed by atoms with Crippen molar-refractivity contribution in [1.82, 2.24) is 19.9 Å². The van der Waals surface area contributed by atoms with Gasteiger partial charge in [0.2, 0.25) is 5.91 Å². The van der Waals surface area contributed by atoms with Crippen LogP contribution in [0.25, 0.3) is 33.1 Å². The zero-order valence-corrected chi connectivity index (χ0v) is 19.9. The van der Waals surface area contributed by atoms with Crippen LogP contribution >= 0.6 is 0 Å². The molecule has 1 N–H and O–H groups in total. The van der Waals surface area contributed by atoms with Crippen LogP contribution in [0.2, 0.25) is 0 Å².